The Morgan fingerprint density at radius 1 is 1.42 bits per heavy atom. The third-order valence-corrected chi connectivity index (χ3v) is 4.14. The molecule has 2 rings (SSSR count). The van der Waals surface area contributed by atoms with Gasteiger partial charge >= 0.3 is 0 Å². The van der Waals surface area contributed by atoms with Gasteiger partial charge in [-0.15, -0.1) is 0 Å². The summed E-state index contributed by atoms with van der Waals surface area (Å²) in [5.41, 5.74) is 7.52. The molecule has 1 fully saturated rings. The van der Waals surface area contributed by atoms with Crippen LogP contribution >= 0.6 is 0 Å². The van der Waals surface area contributed by atoms with Crippen LogP contribution in [0.2, 0.25) is 0 Å². The molecule has 1 aliphatic rings. The average molecular weight is 262 g/mol. The standard InChI is InChI=1S/C16H26N2O/c1-12(2)16-8-5-9-18(16)11-15(17)13-6-4-7-14(10-13)19-3/h4,6-7,10,12,15-16H,5,8-9,11,17H2,1-3H3. The van der Waals surface area contributed by atoms with Crippen molar-refractivity contribution >= 4 is 0 Å². The molecule has 1 aliphatic heterocycles. The molecule has 0 aliphatic carbocycles. The van der Waals surface area contributed by atoms with Crippen LogP contribution in [0.1, 0.15) is 38.3 Å². The third kappa shape index (κ3) is 3.48. The fourth-order valence-corrected chi connectivity index (χ4v) is 3.06. The first-order valence-corrected chi connectivity index (χ1v) is 7.25. The predicted molar refractivity (Wildman–Crippen MR) is 79.4 cm³/mol. The van der Waals surface area contributed by atoms with Gasteiger partial charge in [0.2, 0.25) is 0 Å². The van der Waals surface area contributed by atoms with E-state index in [2.05, 4.69) is 24.8 Å². The SMILES string of the molecule is COc1cccc(C(N)CN2CCCC2C(C)C)c1. The Kier molecular flexibility index (Phi) is 4.83. The summed E-state index contributed by atoms with van der Waals surface area (Å²) in [6.07, 6.45) is 2.61. The van der Waals surface area contributed by atoms with Gasteiger partial charge in [0.05, 0.1) is 7.11 Å². The number of hydrogen-bond acceptors (Lipinski definition) is 3. The zero-order chi connectivity index (χ0) is 13.8. The molecule has 2 atom stereocenters. The van der Waals surface area contributed by atoms with E-state index in [0.717, 1.165) is 17.9 Å². The summed E-state index contributed by atoms with van der Waals surface area (Å²) < 4.78 is 5.27. The zero-order valence-corrected chi connectivity index (χ0v) is 12.3. The summed E-state index contributed by atoms with van der Waals surface area (Å²) >= 11 is 0. The lowest BCUT2D eigenvalue weighted by Crippen LogP contribution is -2.38. The molecular formula is C16H26N2O. The van der Waals surface area contributed by atoms with E-state index in [1.807, 2.05) is 18.2 Å². The summed E-state index contributed by atoms with van der Waals surface area (Å²) in [5.74, 6) is 1.59. The maximum atomic E-state index is 6.36. The smallest absolute Gasteiger partial charge is 0.119 e. The van der Waals surface area contributed by atoms with Crippen LogP contribution in [-0.2, 0) is 0 Å². The van der Waals surface area contributed by atoms with E-state index in [1.54, 1.807) is 7.11 Å². The van der Waals surface area contributed by atoms with Crippen molar-refractivity contribution in [2.75, 3.05) is 20.2 Å². The highest BCUT2D eigenvalue weighted by molar-refractivity contribution is 5.30. The first kappa shape index (κ1) is 14.4. The fraction of sp³-hybridized carbons (Fsp3) is 0.625. The van der Waals surface area contributed by atoms with E-state index in [0.29, 0.717) is 12.0 Å². The molecule has 0 amide bonds. The second-order valence-corrected chi connectivity index (χ2v) is 5.83. The number of rotatable bonds is 5. The minimum absolute atomic E-state index is 0.0643. The van der Waals surface area contributed by atoms with Crippen LogP contribution in [0.3, 0.4) is 0 Å². The summed E-state index contributed by atoms with van der Waals surface area (Å²) in [6, 6.07) is 8.87. The molecule has 2 unspecified atom stereocenters. The minimum Gasteiger partial charge on any atom is -0.497 e. The highest BCUT2D eigenvalue weighted by atomic mass is 16.5. The highest BCUT2D eigenvalue weighted by Crippen LogP contribution is 2.26. The van der Waals surface area contributed by atoms with Gasteiger partial charge < -0.3 is 10.5 Å². The van der Waals surface area contributed by atoms with Crippen molar-refractivity contribution in [3.63, 3.8) is 0 Å². The molecule has 1 heterocycles. The number of ether oxygens (including phenoxy) is 1. The summed E-state index contributed by atoms with van der Waals surface area (Å²) in [5, 5.41) is 0. The average Bonchev–Trinajstić information content (AvgIpc) is 2.87. The van der Waals surface area contributed by atoms with Crippen LogP contribution in [-0.4, -0.2) is 31.1 Å². The van der Waals surface area contributed by atoms with Crippen LogP contribution in [0, 0.1) is 5.92 Å². The molecule has 3 nitrogen and oxygen atoms in total. The zero-order valence-electron chi connectivity index (χ0n) is 12.3. The Morgan fingerprint density at radius 3 is 2.89 bits per heavy atom. The Labute approximate surface area is 116 Å². The molecule has 0 bridgehead atoms. The number of likely N-dealkylation sites (tertiary alicyclic amines) is 1. The molecule has 1 aromatic rings. The van der Waals surface area contributed by atoms with Gasteiger partial charge in [0.15, 0.2) is 0 Å². The van der Waals surface area contributed by atoms with E-state index in [9.17, 15) is 0 Å². The van der Waals surface area contributed by atoms with Gasteiger partial charge in [-0.3, -0.25) is 4.90 Å². The van der Waals surface area contributed by atoms with E-state index in [1.165, 1.54) is 19.4 Å². The lowest BCUT2D eigenvalue weighted by molar-refractivity contribution is 0.195. The number of methoxy groups -OCH3 is 1. The molecule has 2 N–H and O–H groups in total. The number of hydrogen-bond donors (Lipinski definition) is 1. The van der Waals surface area contributed by atoms with Crippen LogP contribution in [0.15, 0.2) is 24.3 Å². The lowest BCUT2D eigenvalue weighted by atomic mass is 10.0. The molecule has 19 heavy (non-hydrogen) atoms. The first-order valence-electron chi connectivity index (χ1n) is 7.25. The van der Waals surface area contributed by atoms with E-state index >= 15 is 0 Å². The fourth-order valence-electron chi connectivity index (χ4n) is 3.06. The first-order chi connectivity index (χ1) is 9.11. The summed E-state index contributed by atoms with van der Waals surface area (Å²) in [4.78, 5) is 2.55. The quantitative estimate of drug-likeness (QED) is 0.887. The van der Waals surface area contributed by atoms with Crippen LogP contribution in [0.25, 0.3) is 0 Å². The van der Waals surface area contributed by atoms with E-state index in [-0.39, 0.29) is 6.04 Å². The molecule has 106 valence electrons. The Balaban J connectivity index is 2.01. The molecule has 0 aromatic heterocycles. The maximum absolute atomic E-state index is 6.36. The molecular weight excluding hydrogens is 236 g/mol. The van der Waals surface area contributed by atoms with E-state index in [4.69, 9.17) is 10.5 Å². The third-order valence-electron chi connectivity index (χ3n) is 4.14. The topological polar surface area (TPSA) is 38.5 Å². The van der Waals surface area contributed by atoms with Crippen LogP contribution in [0.5, 0.6) is 5.75 Å². The van der Waals surface area contributed by atoms with Crippen molar-refractivity contribution in [2.45, 2.75) is 38.8 Å². The van der Waals surface area contributed by atoms with Crippen molar-refractivity contribution in [3.8, 4) is 5.75 Å². The second-order valence-electron chi connectivity index (χ2n) is 5.83. The van der Waals surface area contributed by atoms with Gasteiger partial charge in [0, 0.05) is 18.6 Å². The predicted octanol–water partition coefficient (Wildman–Crippen LogP) is 2.82. The Morgan fingerprint density at radius 2 is 2.21 bits per heavy atom. The van der Waals surface area contributed by atoms with Gasteiger partial charge in [-0.05, 0) is 43.0 Å². The summed E-state index contributed by atoms with van der Waals surface area (Å²) in [6.45, 7) is 6.73. The van der Waals surface area contributed by atoms with Gasteiger partial charge in [0.25, 0.3) is 0 Å². The normalized spacial score (nSPS) is 21.8. The lowest BCUT2D eigenvalue weighted by Gasteiger charge is -2.30. The highest BCUT2D eigenvalue weighted by Gasteiger charge is 2.28. The van der Waals surface area contributed by atoms with Crippen molar-refractivity contribution in [3.05, 3.63) is 29.8 Å². The minimum atomic E-state index is 0.0643. The van der Waals surface area contributed by atoms with Crippen molar-refractivity contribution in [2.24, 2.45) is 11.7 Å². The second kappa shape index (κ2) is 6.40. The van der Waals surface area contributed by atoms with Crippen molar-refractivity contribution < 1.29 is 4.74 Å². The van der Waals surface area contributed by atoms with Crippen LogP contribution in [0.4, 0.5) is 0 Å². The Hall–Kier alpha value is -1.06. The van der Waals surface area contributed by atoms with Crippen LogP contribution < -0.4 is 10.5 Å². The van der Waals surface area contributed by atoms with Gasteiger partial charge in [-0.2, -0.15) is 0 Å². The number of nitrogens with zero attached hydrogens (tertiary/aromatic N) is 1. The van der Waals surface area contributed by atoms with Crippen molar-refractivity contribution in [1.29, 1.82) is 0 Å². The molecule has 0 saturated carbocycles. The molecule has 3 heteroatoms. The van der Waals surface area contributed by atoms with Gasteiger partial charge in [0.1, 0.15) is 5.75 Å². The molecule has 1 saturated heterocycles. The number of nitrogens with two attached hydrogens (primary N) is 1. The molecule has 0 spiro atoms. The maximum Gasteiger partial charge on any atom is 0.119 e. The van der Waals surface area contributed by atoms with E-state index < -0.39 is 0 Å². The van der Waals surface area contributed by atoms with Gasteiger partial charge in [-0.1, -0.05) is 26.0 Å². The van der Waals surface area contributed by atoms with Gasteiger partial charge in [-0.25, -0.2) is 0 Å². The monoisotopic (exact) mass is 262 g/mol. The molecule has 0 radical (unpaired) electrons. The van der Waals surface area contributed by atoms with Crippen molar-refractivity contribution in [1.82, 2.24) is 4.90 Å². The number of benzene rings is 1. The largest absolute Gasteiger partial charge is 0.497 e. The summed E-state index contributed by atoms with van der Waals surface area (Å²) in [7, 11) is 1.69. The Bertz CT molecular complexity index is 405. The molecule has 1 aromatic carbocycles.